The van der Waals surface area contributed by atoms with Gasteiger partial charge in [0.1, 0.15) is 0 Å². The number of aromatic nitrogens is 3. The van der Waals surface area contributed by atoms with Crippen LogP contribution in [0.2, 0.25) is 0 Å². The number of hydrogen-bond acceptors (Lipinski definition) is 5. The number of nitrogens with one attached hydrogen (secondary N) is 3. The van der Waals surface area contributed by atoms with E-state index in [9.17, 15) is 9.59 Å². The number of carbonyl (C=O) groups excluding carboxylic acids is 2. The van der Waals surface area contributed by atoms with E-state index in [2.05, 4.69) is 101 Å². The Morgan fingerprint density at radius 2 is 1.76 bits per heavy atom. The zero-order valence-corrected chi connectivity index (χ0v) is 26.5. The summed E-state index contributed by atoms with van der Waals surface area (Å²) in [5, 5.41) is 15.4. The van der Waals surface area contributed by atoms with E-state index < -0.39 is 0 Å². The molecule has 8 heteroatoms. The van der Waals surface area contributed by atoms with Crippen molar-refractivity contribution >= 4 is 22.8 Å². The van der Waals surface area contributed by atoms with Crippen molar-refractivity contribution in [1.82, 2.24) is 30.7 Å². The monoisotopic (exact) mass is 572 g/mol. The number of fused-ring (bicyclic) bond motifs is 1. The first kappa shape index (κ1) is 30.2. The molecule has 0 aliphatic carbocycles. The van der Waals surface area contributed by atoms with Gasteiger partial charge in [0.25, 0.3) is 5.91 Å². The first-order valence-electron chi connectivity index (χ1n) is 15.5. The molecule has 4 unspecified atom stereocenters. The zero-order chi connectivity index (χ0) is 30.4. The zero-order valence-electron chi connectivity index (χ0n) is 26.5. The van der Waals surface area contributed by atoms with Gasteiger partial charge < -0.3 is 16.0 Å². The molecular formula is C34H48N6O2. The van der Waals surface area contributed by atoms with Crippen molar-refractivity contribution < 1.29 is 9.59 Å². The highest BCUT2D eigenvalue weighted by Crippen LogP contribution is 2.39. The molecule has 2 amide bonds. The van der Waals surface area contributed by atoms with Crippen molar-refractivity contribution in [3.63, 3.8) is 0 Å². The maximum atomic E-state index is 13.9. The van der Waals surface area contributed by atoms with Gasteiger partial charge in [-0.3, -0.25) is 9.59 Å². The molecule has 2 aliphatic rings. The van der Waals surface area contributed by atoms with E-state index in [-0.39, 0.29) is 65.2 Å². The van der Waals surface area contributed by atoms with Crippen LogP contribution in [0.1, 0.15) is 102 Å². The summed E-state index contributed by atoms with van der Waals surface area (Å²) in [6.45, 7) is 17.6. The van der Waals surface area contributed by atoms with E-state index in [1.807, 2.05) is 16.8 Å². The summed E-state index contributed by atoms with van der Waals surface area (Å²) >= 11 is 0. The predicted molar refractivity (Wildman–Crippen MR) is 167 cm³/mol. The van der Waals surface area contributed by atoms with Crippen LogP contribution in [0.4, 0.5) is 0 Å². The number of hydrogen-bond donors (Lipinski definition) is 3. The highest BCUT2D eigenvalue weighted by molar-refractivity contribution is 6.05. The molecule has 8 nitrogen and oxygen atoms in total. The van der Waals surface area contributed by atoms with Gasteiger partial charge in [-0.1, -0.05) is 37.3 Å². The van der Waals surface area contributed by atoms with Crippen LogP contribution in [-0.4, -0.2) is 50.2 Å². The highest BCUT2D eigenvalue weighted by atomic mass is 16.2. The third-order valence-corrected chi connectivity index (χ3v) is 9.38. The normalized spacial score (nSPS) is 25.9. The van der Waals surface area contributed by atoms with Crippen molar-refractivity contribution in [3.05, 3.63) is 59.4 Å². The van der Waals surface area contributed by atoms with Gasteiger partial charge in [0.05, 0.1) is 23.1 Å². The fourth-order valence-electron chi connectivity index (χ4n) is 7.60. The molecular weight excluding hydrogens is 524 g/mol. The molecule has 3 N–H and O–H groups in total. The average Bonchev–Trinajstić information content (AvgIpc) is 3.33. The van der Waals surface area contributed by atoms with Crippen LogP contribution >= 0.6 is 0 Å². The Labute approximate surface area is 250 Å². The lowest BCUT2D eigenvalue weighted by Gasteiger charge is -2.46. The van der Waals surface area contributed by atoms with Gasteiger partial charge in [0.15, 0.2) is 5.65 Å². The molecule has 1 aromatic carbocycles. The lowest BCUT2D eigenvalue weighted by atomic mass is 9.72. The molecule has 2 saturated heterocycles. The third-order valence-electron chi connectivity index (χ3n) is 9.38. The van der Waals surface area contributed by atoms with E-state index in [0.29, 0.717) is 5.56 Å². The second kappa shape index (κ2) is 11.4. The molecule has 0 radical (unpaired) electrons. The number of carbonyl (C=O) groups is 2. The van der Waals surface area contributed by atoms with Gasteiger partial charge in [0, 0.05) is 41.3 Å². The smallest absolute Gasteiger partial charge is 0.252 e. The van der Waals surface area contributed by atoms with Crippen LogP contribution in [0.5, 0.6) is 0 Å². The van der Waals surface area contributed by atoms with Crippen molar-refractivity contribution in [2.45, 2.75) is 104 Å². The Bertz CT molecular complexity index is 1430. The van der Waals surface area contributed by atoms with E-state index in [1.54, 1.807) is 6.20 Å². The van der Waals surface area contributed by atoms with Crippen molar-refractivity contribution in [2.75, 3.05) is 6.54 Å². The number of amides is 2. The minimum atomic E-state index is -0.305. The minimum Gasteiger partial charge on any atom is -0.353 e. The van der Waals surface area contributed by atoms with Crippen molar-refractivity contribution in [1.29, 1.82) is 0 Å². The van der Waals surface area contributed by atoms with Crippen LogP contribution in [0.25, 0.3) is 11.0 Å². The summed E-state index contributed by atoms with van der Waals surface area (Å²) in [6, 6.07) is 12.6. The second-order valence-electron chi connectivity index (χ2n) is 14.3. The van der Waals surface area contributed by atoms with E-state index in [1.165, 1.54) is 5.56 Å². The molecule has 0 spiro atoms. The number of pyridine rings is 1. The number of nitrogens with zero attached hydrogens (tertiary/aromatic N) is 3. The Kier molecular flexibility index (Phi) is 8.23. The Hall–Kier alpha value is -3.26. The topological polar surface area (TPSA) is 101 Å². The SMILES string of the molecule is CC1NC(=O)C(CNC(=O)c2cc(C3CC(C)(C)NC(C)(C)C3)nc3c2cnn3C(C)C)C(C)C1Cc1ccccc1. The maximum Gasteiger partial charge on any atom is 0.252 e. The van der Waals surface area contributed by atoms with Gasteiger partial charge in [-0.05, 0) is 91.2 Å². The largest absolute Gasteiger partial charge is 0.353 e. The van der Waals surface area contributed by atoms with Gasteiger partial charge in [-0.25, -0.2) is 9.67 Å². The van der Waals surface area contributed by atoms with Crippen LogP contribution in [0.15, 0.2) is 42.6 Å². The molecule has 226 valence electrons. The van der Waals surface area contributed by atoms with E-state index in [0.717, 1.165) is 36.0 Å². The Morgan fingerprint density at radius 1 is 1.10 bits per heavy atom. The summed E-state index contributed by atoms with van der Waals surface area (Å²) in [5.74, 6) is 0.115. The molecule has 2 fully saturated rings. The molecule has 4 atom stereocenters. The van der Waals surface area contributed by atoms with Crippen LogP contribution in [0, 0.1) is 17.8 Å². The Morgan fingerprint density at radius 3 is 2.40 bits per heavy atom. The summed E-state index contributed by atoms with van der Waals surface area (Å²) in [4.78, 5) is 32.2. The minimum absolute atomic E-state index is 0.00646. The molecule has 0 bridgehead atoms. The second-order valence-corrected chi connectivity index (χ2v) is 14.3. The molecule has 4 heterocycles. The molecule has 3 aromatic rings. The predicted octanol–water partition coefficient (Wildman–Crippen LogP) is 5.40. The summed E-state index contributed by atoms with van der Waals surface area (Å²) in [7, 11) is 0. The fourth-order valence-corrected chi connectivity index (χ4v) is 7.60. The highest BCUT2D eigenvalue weighted by Gasteiger charge is 2.41. The van der Waals surface area contributed by atoms with Gasteiger partial charge >= 0.3 is 0 Å². The van der Waals surface area contributed by atoms with Crippen molar-refractivity contribution in [3.8, 4) is 0 Å². The van der Waals surface area contributed by atoms with Gasteiger partial charge in [-0.2, -0.15) is 5.10 Å². The molecule has 0 saturated carbocycles. The molecule has 2 aliphatic heterocycles. The molecule has 42 heavy (non-hydrogen) atoms. The number of piperidine rings is 2. The standard InChI is InChI=1S/C34H48N6O2/c1-20(2)40-30-28(19-36-40)26(15-29(38-30)24-16-33(5,6)39-34(7,8)17-24)31(41)35-18-27-21(3)25(22(4)37-32(27)42)14-23-12-10-9-11-13-23/h9-13,15,19-22,24-25,27,39H,14,16-18H2,1-8H3,(H,35,41)(H,37,42). The first-order valence-corrected chi connectivity index (χ1v) is 15.5. The third kappa shape index (κ3) is 6.24. The van der Waals surface area contributed by atoms with Gasteiger partial charge in [-0.15, -0.1) is 0 Å². The van der Waals surface area contributed by atoms with Gasteiger partial charge in [0.2, 0.25) is 5.91 Å². The maximum absolute atomic E-state index is 13.9. The van der Waals surface area contributed by atoms with Crippen LogP contribution < -0.4 is 16.0 Å². The van der Waals surface area contributed by atoms with Crippen LogP contribution in [0.3, 0.4) is 0 Å². The summed E-state index contributed by atoms with van der Waals surface area (Å²) < 4.78 is 1.90. The quantitative estimate of drug-likeness (QED) is 0.352. The number of benzene rings is 1. The number of rotatable bonds is 7. The van der Waals surface area contributed by atoms with E-state index in [4.69, 9.17) is 4.98 Å². The fraction of sp³-hybridized carbons (Fsp3) is 0.588. The molecule has 2 aromatic heterocycles. The van der Waals surface area contributed by atoms with Crippen molar-refractivity contribution in [2.24, 2.45) is 17.8 Å². The first-order chi connectivity index (χ1) is 19.7. The van der Waals surface area contributed by atoms with Crippen LogP contribution in [-0.2, 0) is 11.2 Å². The Balaban J connectivity index is 1.41. The lowest BCUT2D eigenvalue weighted by Crippen LogP contribution is -2.57. The lowest BCUT2D eigenvalue weighted by molar-refractivity contribution is -0.131. The summed E-state index contributed by atoms with van der Waals surface area (Å²) in [6.07, 6.45) is 4.49. The van der Waals surface area contributed by atoms with E-state index >= 15 is 0 Å². The summed E-state index contributed by atoms with van der Waals surface area (Å²) in [5.41, 5.74) is 3.40. The molecule has 5 rings (SSSR count). The average molecular weight is 573 g/mol.